The van der Waals surface area contributed by atoms with Crippen molar-refractivity contribution in [3.8, 4) is 0 Å². The molecule has 2 aliphatic heterocycles. The van der Waals surface area contributed by atoms with Gasteiger partial charge < -0.3 is 25.4 Å². The molecule has 198 valence electrons. The van der Waals surface area contributed by atoms with Gasteiger partial charge in [-0.25, -0.2) is 9.59 Å². The van der Waals surface area contributed by atoms with E-state index in [4.69, 9.17) is 20.0 Å². The molecule has 0 saturated carbocycles. The molecule has 3 N–H and O–H groups in total. The monoisotopic (exact) mass is 550 g/mol. The summed E-state index contributed by atoms with van der Waals surface area (Å²) >= 11 is 2.27. The third-order valence-corrected chi connectivity index (χ3v) is 7.43. The van der Waals surface area contributed by atoms with Crippen molar-refractivity contribution >= 4 is 57.9 Å². The molecule has 3 aliphatic rings. The second-order valence-corrected chi connectivity index (χ2v) is 10.6. The Bertz CT molecular complexity index is 1180. The van der Waals surface area contributed by atoms with Gasteiger partial charge in [-0.2, -0.15) is 9.36 Å². The number of nitrogens with zero attached hydrogens (tertiary/aromatic N) is 4. The van der Waals surface area contributed by atoms with Gasteiger partial charge in [0.1, 0.15) is 23.2 Å². The third kappa shape index (κ3) is 5.77. The highest BCUT2D eigenvalue weighted by Crippen LogP contribution is 2.41. The summed E-state index contributed by atoms with van der Waals surface area (Å²) in [5, 5.41) is 6.01. The predicted molar refractivity (Wildman–Crippen MR) is 134 cm³/mol. The highest BCUT2D eigenvalue weighted by atomic mass is 32.2. The minimum Gasteiger partial charge on any atom is -0.463 e. The molecule has 0 bridgehead atoms. The third-order valence-electron chi connectivity index (χ3n) is 5.56. The number of amides is 2. The van der Waals surface area contributed by atoms with Crippen molar-refractivity contribution in [1.29, 1.82) is 0 Å². The number of aromatic nitrogens is 2. The zero-order valence-corrected chi connectivity index (χ0v) is 21.9. The van der Waals surface area contributed by atoms with E-state index >= 15 is 0 Å². The quantitative estimate of drug-likeness (QED) is 0.146. The second-order valence-electron chi connectivity index (χ2n) is 8.29. The minimum absolute atomic E-state index is 0.00193. The van der Waals surface area contributed by atoms with Crippen LogP contribution in [0.5, 0.6) is 0 Å². The van der Waals surface area contributed by atoms with E-state index in [1.807, 2.05) is 19.1 Å². The lowest BCUT2D eigenvalue weighted by molar-refractivity contribution is -0.166. The highest BCUT2D eigenvalue weighted by Gasteiger charge is 2.54. The molecule has 15 heteroatoms. The molecule has 0 aromatic carbocycles. The van der Waals surface area contributed by atoms with Crippen molar-refractivity contribution in [3.05, 3.63) is 29.7 Å². The molecular formula is C22H26N6O7S2. The van der Waals surface area contributed by atoms with Gasteiger partial charge >= 0.3 is 11.9 Å². The highest BCUT2D eigenvalue weighted by molar-refractivity contribution is 8.00. The molecular weight excluding hydrogens is 524 g/mol. The Morgan fingerprint density at radius 3 is 2.81 bits per heavy atom. The maximum absolute atomic E-state index is 13.2. The lowest BCUT2D eigenvalue weighted by Gasteiger charge is -2.49. The molecule has 2 amide bonds. The number of nitrogens with two attached hydrogens (primary N) is 1. The summed E-state index contributed by atoms with van der Waals surface area (Å²) in [5.74, 6) is -2.79. The molecule has 0 radical (unpaired) electrons. The lowest BCUT2D eigenvalue weighted by atomic mass is 10.0. The van der Waals surface area contributed by atoms with Gasteiger partial charge in [-0.1, -0.05) is 11.2 Å². The SMILES string of the molecule is CCOC(=O)C(C)OC(=O)C1=CC(C)S[C@@H]2C(NC(=O)/C(=N\OC3C=CCC3)c3nsc(N)n3)C(=O)N12. The van der Waals surface area contributed by atoms with Crippen LogP contribution in [-0.4, -0.2) is 79.2 Å². The van der Waals surface area contributed by atoms with Gasteiger partial charge in [0.25, 0.3) is 11.8 Å². The van der Waals surface area contributed by atoms with Gasteiger partial charge in [-0.05, 0) is 45.8 Å². The molecule has 3 heterocycles. The summed E-state index contributed by atoms with van der Waals surface area (Å²) in [5.41, 5.74) is 5.46. The van der Waals surface area contributed by atoms with E-state index in [1.165, 1.54) is 23.6 Å². The largest absolute Gasteiger partial charge is 0.463 e. The number of nitrogens with one attached hydrogen (secondary N) is 1. The molecule has 1 fully saturated rings. The Morgan fingerprint density at radius 2 is 2.16 bits per heavy atom. The fourth-order valence-electron chi connectivity index (χ4n) is 3.79. The van der Waals surface area contributed by atoms with E-state index < -0.39 is 41.3 Å². The number of oxime groups is 1. The van der Waals surface area contributed by atoms with E-state index in [2.05, 4.69) is 19.8 Å². The maximum atomic E-state index is 13.2. The minimum atomic E-state index is -1.14. The van der Waals surface area contributed by atoms with Crippen LogP contribution < -0.4 is 11.1 Å². The van der Waals surface area contributed by atoms with Crippen LogP contribution >= 0.6 is 23.3 Å². The van der Waals surface area contributed by atoms with Gasteiger partial charge in [-0.15, -0.1) is 11.8 Å². The van der Waals surface area contributed by atoms with Crippen molar-refractivity contribution in [2.45, 2.75) is 62.5 Å². The Hall–Kier alpha value is -3.46. The molecule has 5 atom stereocenters. The van der Waals surface area contributed by atoms with E-state index in [-0.39, 0.29) is 40.3 Å². The number of fused-ring (bicyclic) bond motifs is 1. The number of rotatable bonds is 9. The lowest BCUT2D eigenvalue weighted by Crippen LogP contribution is -2.71. The second kappa shape index (κ2) is 11.3. The Kier molecular flexibility index (Phi) is 8.12. The number of carbonyl (C=O) groups excluding carboxylic acids is 4. The standard InChI is InChI=1S/C22H26N6O7S2/c1-4-33-20(31)11(3)34-21(32)13-9-10(2)36-19-15(18(30)28(13)19)24-17(29)14(16-25-22(23)37-27-16)26-35-12-7-5-6-8-12/h5,7,9-12,15,19H,4,6,8H2,1-3H3,(H,24,29)(H2,23,25,27)/b26-14-/t10?,11?,12?,15?,19-/m1/s1. The smallest absolute Gasteiger partial charge is 0.355 e. The first-order chi connectivity index (χ1) is 17.7. The number of esters is 2. The van der Waals surface area contributed by atoms with E-state index in [1.54, 1.807) is 13.0 Å². The fraction of sp³-hybridized carbons (Fsp3) is 0.500. The maximum Gasteiger partial charge on any atom is 0.355 e. The van der Waals surface area contributed by atoms with Crippen LogP contribution in [0, 0.1) is 0 Å². The van der Waals surface area contributed by atoms with E-state index in [0.29, 0.717) is 0 Å². The summed E-state index contributed by atoms with van der Waals surface area (Å²) in [6.45, 7) is 5.01. The van der Waals surface area contributed by atoms with Crippen molar-refractivity contribution < 1.29 is 33.5 Å². The van der Waals surface area contributed by atoms with Gasteiger partial charge in [0.2, 0.25) is 11.5 Å². The number of hydrogen-bond acceptors (Lipinski definition) is 13. The predicted octanol–water partition coefficient (Wildman–Crippen LogP) is 0.727. The number of anilines is 1. The number of thioether (sulfide) groups is 1. The molecule has 4 rings (SSSR count). The summed E-state index contributed by atoms with van der Waals surface area (Å²) in [6, 6.07) is -0.952. The van der Waals surface area contributed by atoms with Gasteiger partial charge in [-0.3, -0.25) is 14.5 Å². The molecule has 13 nitrogen and oxygen atoms in total. The van der Waals surface area contributed by atoms with Gasteiger partial charge in [0.05, 0.1) is 6.61 Å². The van der Waals surface area contributed by atoms with Gasteiger partial charge in [0, 0.05) is 16.8 Å². The fourth-order valence-corrected chi connectivity index (χ4v) is 5.55. The van der Waals surface area contributed by atoms with Crippen LogP contribution in [0.2, 0.25) is 0 Å². The van der Waals surface area contributed by atoms with E-state index in [9.17, 15) is 19.2 Å². The first-order valence-corrected chi connectivity index (χ1v) is 13.3. The summed E-state index contributed by atoms with van der Waals surface area (Å²) in [6.07, 6.45) is 5.49. The number of nitrogen functional groups attached to an aromatic ring is 1. The van der Waals surface area contributed by atoms with Crippen LogP contribution in [0.3, 0.4) is 0 Å². The van der Waals surface area contributed by atoms with Crippen molar-refractivity contribution in [2.24, 2.45) is 5.16 Å². The van der Waals surface area contributed by atoms with Crippen LogP contribution in [-0.2, 0) is 33.5 Å². The summed E-state index contributed by atoms with van der Waals surface area (Å²) in [7, 11) is 0. The van der Waals surface area contributed by atoms with Crippen LogP contribution in [0.1, 0.15) is 39.4 Å². The summed E-state index contributed by atoms with van der Waals surface area (Å²) < 4.78 is 14.1. The Morgan fingerprint density at radius 1 is 1.38 bits per heavy atom. The zero-order valence-electron chi connectivity index (χ0n) is 20.3. The zero-order chi connectivity index (χ0) is 26.7. The van der Waals surface area contributed by atoms with Crippen LogP contribution in [0.15, 0.2) is 29.1 Å². The van der Waals surface area contributed by atoms with Crippen LogP contribution in [0.25, 0.3) is 0 Å². The van der Waals surface area contributed by atoms with Gasteiger partial charge in [0.15, 0.2) is 11.2 Å². The number of carbonyl (C=O) groups is 4. The normalized spacial score (nSPS) is 25.5. The molecule has 4 unspecified atom stereocenters. The molecule has 37 heavy (non-hydrogen) atoms. The molecule has 1 aromatic rings. The van der Waals surface area contributed by atoms with Crippen molar-refractivity contribution in [2.75, 3.05) is 12.3 Å². The first-order valence-electron chi connectivity index (χ1n) is 11.6. The average Bonchev–Trinajstić information content (AvgIpc) is 3.54. The first kappa shape index (κ1) is 26.6. The molecule has 1 saturated heterocycles. The van der Waals surface area contributed by atoms with Crippen LogP contribution in [0.4, 0.5) is 5.13 Å². The Balaban J connectivity index is 1.46. The Labute approximate surface area is 220 Å². The topological polar surface area (TPSA) is 175 Å². The number of allylic oxidation sites excluding steroid dienone is 1. The number of ether oxygens (including phenoxy) is 2. The molecule has 0 spiro atoms. The number of β-lactam (4-membered cyclic amide) rings is 1. The molecule has 1 aliphatic carbocycles. The average molecular weight is 551 g/mol. The van der Waals surface area contributed by atoms with E-state index in [0.717, 1.165) is 24.4 Å². The summed E-state index contributed by atoms with van der Waals surface area (Å²) in [4.78, 5) is 61.6. The molecule has 1 aromatic heterocycles. The van der Waals surface area contributed by atoms with Crippen molar-refractivity contribution in [3.63, 3.8) is 0 Å². The number of hydrogen-bond donors (Lipinski definition) is 2. The van der Waals surface area contributed by atoms with Crippen molar-refractivity contribution in [1.82, 2.24) is 19.6 Å².